The standard InChI is InChI=1S/C19H19NO5S/c1-26(24,25)12-13-2-4-15(5-3-13)18(21)20-9-8-14-6-7-16(19(22)23)10-17(14)11-20/h2-7,10H,8-9,11-12H2,1H3,(H,22,23). The number of amides is 1. The average molecular weight is 373 g/mol. The minimum atomic E-state index is -3.12. The first-order valence-corrected chi connectivity index (χ1v) is 10.2. The number of sulfone groups is 1. The smallest absolute Gasteiger partial charge is 0.335 e. The molecule has 0 aromatic heterocycles. The second-order valence-electron chi connectivity index (χ2n) is 6.53. The molecular formula is C19H19NO5S. The van der Waals surface area contributed by atoms with Gasteiger partial charge in [-0.15, -0.1) is 0 Å². The Morgan fingerprint density at radius 1 is 1.04 bits per heavy atom. The van der Waals surface area contributed by atoms with Gasteiger partial charge in [-0.25, -0.2) is 13.2 Å². The molecule has 0 saturated carbocycles. The van der Waals surface area contributed by atoms with Gasteiger partial charge in [0.25, 0.3) is 5.91 Å². The molecule has 7 heteroatoms. The fourth-order valence-corrected chi connectivity index (χ4v) is 3.89. The van der Waals surface area contributed by atoms with Crippen molar-refractivity contribution in [3.05, 3.63) is 70.3 Å². The van der Waals surface area contributed by atoms with Crippen LogP contribution in [-0.2, 0) is 28.6 Å². The maximum Gasteiger partial charge on any atom is 0.335 e. The average Bonchev–Trinajstić information content (AvgIpc) is 2.59. The van der Waals surface area contributed by atoms with Crippen LogP contribution in [-0.4, -0.2) is 43.1 Å². The molecule has 0 atom stereocenters. The number of rotatable bonds is 4. The van der Waals surface area contributed by atoms with E-state index in [2.05, 4.69) is 0 Å². The van der Waals surface area contributed by atoms with Crippen molar-refractivity contribution in [2.75, 3.05) is 12.8 Å². The van der Waals surface area contributed by atoms with Gasteiger partial charge >= 0.3 is 5.97 Å². The zero-order valence-corrected chi connectivity index (χ0v) is 15.1. The lowest BCUT2D eigenvalue weighted by molar-refractivity contribution is 0.0696. The molecule has 6 nitrogen and oxygen atoms in total. The van der Waals surface area contributed by atoms with E-state index in [1.807, 2.05) is 0 Å². The molecule has 0 unspecified atom stereocenters. The highest BCUT2D eigenvalue weighted by atomic mass is 32.2. The van der Waals surface area contributed by atoms with Gasteiger partial charge in [0.1, 0.15) is 0 Å². The molecule has 0 spiro atoms. The lowest BCUT2D eigenvalue weighted by atomic mass is 9.97. The molecule has 0 fully saturated rings. The number of nitrogens with zero attached hydrogens (tertiary/aromatic N) is 1. The molecule has 1 heterocycles. The summed E-state index contributed by atoms with van der Waals surface area (Å²) in [5.74, 6) is -1.20. The molecule has 0 radical (unpaired) electrons. The summed E-state index contributed by atoms with van der Waals surface area (Å²) < 4.78 is 22.7. The molecule has 26 heavy (non-hydrogen) atoms. The van der Waals surface area contributed by atoms with Gasteiger partial charge < -0.3 is 10.0 Å². The van der Waals surface area contributed by atoms with E-state index in [4.69, 9.17) is 5.11 Å². The number of carboxylic acid groups (broad SMARTS) is 1. The zero-order valence-electron chi connectivity index (χ0n) is 14.3. The van der Waals surface area contributed by atoms with Crippen LogP contribution in [0.5, 0.6) is 0 Å². The van der Waals surface area contributed by atoms with Gasteiger partial charge in [-0.3, -0.25) is 4.79 Å². The van der Waals surface area contributed by atoms with Crippen molar-refractivity contribution < 1.29 is 23.1 Å². The van der Waals surface area contributed by atoms with E-state index < -0.39 is 15.8 Å². The minimum Gasteiger partial charge on any atom is -0.478 e. The van der Waals surface area contributed by atoms with Gasteiger partial charge in [-0.2, -0.15) is 0 Å². The number of carbonyl (C=O) groups is 2. The molecule has 1 aliphatic heterocycles. The summed E-state index contributed by atoms with van der Waals surface area (Å²) in [6.07, 6.45) is 1.84. The first-order valence-electron chi connectivity index (χ1n) is 8.14. The lowest BCUT2D eigenvalue weighted by Gasteiger charge is -2.29. The van der Waals surface area contributed by atoms with Crippen molar-refractivity contribution >= 4 is 21.7 Å². The summed E-state index contributed by atoms with van der Waals surface area (Å²) in [4.78, 5) is 25.5. The minimum absolute atomic E-state index is 0.0590. The molecular weight excluding hydrogens is 354 g/mol. The van der Waals surface area contributed by atoms with E-state index in [0.29, 0.717) is 30.6 Å². The van der Waals surface area contributed by atoms with Crippen molar-refractivity contribution in [1.29, 1.82) is 0 Å². The third-order valence-corrected chi connectivity index (χ3v) is 5.24. The zero-order chi connectivity index (χ0) is 18.9. The molecule has 136 valence electrons. The summed E-state index contributed by atoms with van der Waals surface area (Å²) in [6, 6.07) is 11.6. The first-order chi connectivity index (χ1) is 12.2. The van der Waals surface area contributed by atoms with Gasteiger partial charge in [0.05, 0.1) is 11.3 Å². The number of aromatic carboxylic acids is 1. The number of benzene rings is 2. The lowest BCUT2D eigenvalue weighted by Crippen LogP contribution is -2.36. The third-order valence-electron chi connectivity index (χ3n) is 4.38. The van der Waals surface area contributed by atoms with Crippen LogP contribution in [0, 0.1) is 0 Å². The second-order valence-corrected chi connectivity index (χ2v) is 8.67. The molecule has 3 rings (SSSR count). The van der Waals surface area contributed by atoms with E-state index >= 15 is 0 Å². The Labute approximate surface area is 152 Å². The quantitative estimate of drug-likeness (QED) is 0.886. The Morgan fingerprint density at radius 2 is 1.69 bits per heavy atom. The molecule has 2 aromatic carbocycles. The first kappa shape index (κ1) is 18.1. The van der Waals surface area contributed by atoms with Crippen molar-refractivity contribution in [2.24, 2.45) is 0 Å². The predicted molar refractivity (Wildman–Crippen MR) is 96.8 cm³/mol. The topological polar surface area (TPSA) is 91.8 Å². The van der Waals surface area contributed by atoms with Crippen LogP contribution in [0.1, 0.15) is 37.4 Å². The van der Waals surface area contributed by atoms with E-state index in [0.717, 1.165) is 11.1 Å². The maximum atomic E-state index is 12.7. The summed E-state index contributed by atoms with van der Waals surface area (Å²) in [5, 5.41) is 9.12. The second kappa shape index (κ2) is 6.92. The molecule has 1 aliphatic rings. The van der Waals surface area contributed by atoms with Gasteiger partial charge in [0.2, 0.25) is 0 Å². The van der Waals surface area contributed by atoms with Crippen LogP contribution in [0.15, 0.2) is 42.5 Å². The van der Waals surface area contributed by atoms with Crippen LogP contribution >= 0.6 is 0 Å². The number of carboxylic acids is 1. The maximum absolute atomic E-state index is 12.7. The van der Waals surface area contributed by atoms with Crippen molar-refractivity contribution in [3.8, 4) is 0 Å². The number of fused-ring (bicyclic) bond motifs is 1. The largest absolute Gasteiger partial charge is 0.478 e. The highest BCUT2D eigenvalue weighted by Gasteiger charge is 2.22. The normalized spacial score (nSPS) is 14.0. The van der Waals surface area contributed by atoms with Crippen LogP contribution in [0.3, 0.4) is 0 Å². The van der Waals surface area contributed by atoms with Gasteiger partial charge in [0, 0.05) is 24.9 Å². The van der Waals surface area contributed by atoms with Crippen molar-refractivity contribution in [3.63, 3.8) is 0 Å². The Bertz CT molecular complexity index is 964. The van der Waals surface area contributed by atoms with E-state index in [1.54, 1.807) is 47.4 Å². The van der Waals surface area contributed by atoms with Crippen molar-refractivity contribution in [1.82, 2.24) is 4.90 Å². The monoisotopic (exact) mass is 373 g/mol. The number of hydrogen-bond donors (Lipinski definition) is 1. The van der Waals surface area contributed by atoms with E-state index in [-0.39, 0.29) is 17.2 Å². The number of hydrogen-bond acceptors (Lipinski definition) is 4. The van der Waals surface area contributed by atoms with Crippen LogP contribution in [0.2, 0.25) is 0 Å². The fourth-order valence-electron chi connectivity index (χ4n) is 3.09. The SMILES string of the molecule is CS(=O)(=O)Cc1ccc(C(=O)N2CCc3ccc(C(=O)O)cc3C2)cc1. The van der Waals surface area contributed by atoms with Gasteiger partial charge in [0.15, 0.2) is 9.84 Å². The third kappa shape index (κ3) is 4.11. The summed E-state index contributed by atoms with van der Waals surface area (Å²) in [7, 11) is -3.12. The molecule has 0 saturated heterocycles. The highest BCUT2D eigenvalue weighted by Crippen LogP contribution is 2.22. The highest BCUT2D eigenvalue weighted by molar-refractivity contribution is 7.89. The summed E-state index contributed by atoms with van der Waals surface area (Å²) in [5.41, 5.74) is 3.24. The molecule has 2 aromatic rings. The number of carbonyl (C=O) groups excluding carboxylic acids is 1. The van der Waals surface area contributed by atoms with Gasteiger partial charge in [-0.1, -0.05) is 18.2 Å². The van der Waals surface area contributed by atoms with Crippen LogP contribution in [0.25, 0.3) is 0 Å². The molecule has 1 N–H and O–H groups in total. The Balaban J connectivity index is 1.77. The fraction of sp³-hybridized carbons (Fsp3) is 0.263. The van der Waals surface area contributed by atoms with Gasteiger partial charge in [-0.05, 0) is 47.4 Å². The molecule has 0 bridgehead atoms. The summed E-state index contributed by atoms with van der Waals surface area (Å²) in [6.45, 7) is 0.920. The molecule has 0 aliphatic carbocycles. The summed E-state index contributed by atoms with van der Waals surface area (Å²) >= 11 is 0. The Hall–Kier alpha value is -2.67. The Kier molecular flexibility index (Phi) is 4.82. The van der Waals surface area contributed by atoms with E-state index in [9.17, 15) is 18.0 Å². The molecule has 1 amide bonds. The van der Waals surface area contributed by atoms with E-state index in [1.165, 1.54) is 6.26 Å². The van der Waals surface area contributed by atoms with Crippen LogP contribution in [0.4, 0.5) is 0 Å². The Morgan fingerprint density at radius 3 is 2.31 bits per heavy atom. The van der Waals surface area contributed by atoms with Crippen molar-refractivity contribution in [2.45, 2.75) is 18.7 Å². The predicted octanol–water partition coefficient (Wildman–Crippen LogP) is 2.13. The van der Waals surface area contributed by atoms with Crippen LogP contribution < -0.4 is 0 Å².